The summed E-state index contributed by atoms with van der Waals surface area (Å²) in [5.41, 5.74) is -0.647. The third-order valence-electron chi connectivity index (χ3n) is 5.42. The van der Waals surface area contributed by atoms with Gasteiger partial charge in [0.1, 0.15) is 23.2 Å². The summed E-state index contributed by atoms with van der Waals surface area (Å²) in [5, 5.41) is 22.2. The van der Waals surface area contributed by atoms with Gasteiger partial charge in [-0.3, -0.25) is 14.9 Å². The Morgan fingerprint density at radius 3 is 2.79 bits per heavy atom. The molecule has 2 atom stereocenters. The molecule has 0 saturated carbocycles. The zero-order chi connectivity index (χ0) is 21.2. The molecule has 3 rings (SSSR count). The number of aliphatic hydroxyl groups excluding tert-OH is 1. The summed E-state index contributed by atoms with van der Waals surface area (Å²) in [6.07, 6.45) is 4.65. The van der Waals surface area contributed by atoms with Gasteiger partial charge in [-0.1, -0.05) is 26.2 Å². The Balaban J connectivity index is 1.81. The van der Waals surface area contributed by atoms with Gasteiger partial charge in [0.25, 0.3) is 11.6 Å². The summed E-state index contributed by atoms with van der Waals surface area (Å²) in [6.45, 7) is 6.35. The van der Waals surface area contributed by atoms with Gasteiger partial charge in [0.2, 0.25) is 0 Å². The fourth-order valence-corrected chi connectivity index (χ4v) is 3.77. The fraction of sp³-hybridized carbons (Fsp3) is 0.571. The van der Waals surface area contributed by atoms with Crippen molar-refractivity contribution in [2.45, 2.75) is 64.2 Å². The topological polar surface area (TPSA) is 102 Å². The molecule has 0 radical (unpaired) electrons. The molecule has 2 heterocycles. The molecule has 1 aromatic carbocycles. The Kier molecular flexibility index (Phi) is 6.12. The highest BCUT2D eigenvalue weighted by molar-refractivity contribution is 5.91. The maximum atomic E-state index is 12.7. The number of aliphatic hydroxyl groups is 1. The van der Waals surface area contributed by atoms with E-state index < -0.39 is 22.7 Å². The van der Waals surface area contributed by atoms with E-state index in [0.29, 0.717) is 23.7 Å². The first kappa shape index (κ1) is 21.1. The van der Waals surface area contributed by atoms with Crippen LogP contribution in [0.15, 0.2) is 30.0 Å². The number of unbranched alkanes of at least 4 members (excludes halogenated alkanes) is 3. The number of nitro groups is 1. The number of ether oxygens (including phenoxy) is 2. The molecule has 2 aliphatic heterocycles. The summed E-state index contributed by atoms with van der Waals surface area (Å²) in [4.78, 5) is 24.9. The lowest BCUT2D eigenvalue weighted by atomic mass is 9.85. The summed E-state index contributed by atoms with van der Waals surface area (Å²) >= 11 is 0. The summed E-state index contributed by atoms with van der Waals surface area (Å²) in [5.74, 6) is 0.695. The highest BCUT2D eigenvalue weighted by atomic mass is 16.6. The van der Waals surface area contributed by atoms with Crippen molar-refractivity contribution < 1.29 is 24.3 Å². The quantitative estimate of drug-likeness (QED) is 0.404. The molecule has 1 amide bonds. The van der Waals surface area contributed by atoms with Crippen LogP contribution in [0.25, 0.3) is 0 Å². The number of carbonyl (C=O) groups excluding carboxylic acids is 1. The van der Waals surface area contributed by atoms with Crippen LogP contribution in [0.4, 0.5) is 5.69 Å². The Labute approximate surface area is 170 Å². The van der Waals surface area contributed by atoms with E-state index in [1.807, 2.05) is 0 Å². The molecule has 0 fully saturated rings. The van der Waals surface area contributed by atoms with E-state index in [4.69, 9.17) is 9.47 Å². The molecule has 29 heavy (non-hydrogen) atoms. The molecule has 1 N–H and O–H groups in total. The number of nitrogens with zero attached hydrogens (tertiary/aromatic N) is 2. The number of hydrogen-bond donors (Lipinski definition) is 1. The van der Waals surface area contributed by atoms with Crippen LogP contribution in [0.3, 0.4) is 0 Å². The number of carbonyl (C=O) groups is 1. The molecular weight excluding hydrogens is 376 g/mol. The van der Waals surface area contributed by atoms with Gasteiger partial charge in [0.15, 0.2) is 0 Å². The lowest BCUT2D eigenvalue weighted by Gasteiger charge is -2.45. The highest BCUT2D eigenvalue weighted by Crippen LogP contribution is 2.45. The Morgan fingerprint density at radius 2 is 2.10 bits per heavy atom. The third-order valence-corrected chi connectivity index (χ3v) is 5.42. The van der Waals surface area contributed by atoms with Crippen LogP contribution in [-0.2, 0) is 9.53 Å². The molecule has 8 heteroatoms. The molecule has 0 spiro atoms. The summed E-state index contributed by atoms with van der Waals surface area (Å²) in [7, 11) is 0. The second-order valence-corrected chi connectivity index (χ2v) is 8.06. The van der Waals surface area contributed by atoms with Crippen molar-refractivity contribution in [3.8, 4) is 5.75 Å². The Hall–Kier alpha value is -2.61. The number of non-ortho nitro benzene ring substituents is 1. The third kappa shape index (κ3) is 4.37. The number of hydrogen-bond acceptors (Lipinski definition) is 6. The van der Waals surface area contributed by atoms with Gasteiger partial charge in [-0.25, -0.2) is 0 Å². The second-order valence-electron chi connectivity index (χ2n) is 8.06. The molecule has 0 unspecified atom stereocenters. The van der Waals surface area contributed by atoms with Crippen molar-refractivity contribution in [1.82, 2.24) is 4.90 Å². The molecule has 2 aliphatic rings. The Bertz CT molecular complexity index is 819. The van der Waals surface area contributed by atoms with Crippen molar-refractivity contribution in [2.75, 3.05) is 13.2 Å². The predicted molar refractivity (Wildman–Crippen MR) is 106 cm³/mol. The number of amides is 1. The van der Waals surface area contributed by atoms with E-state index in [1.165, 1.54) is 29.2 Å². The van der Waals surface area contributed by atoms with E-state index >= 15 is 0 Å². The average Bonchev–Trinajstić information content (AvgIpc) is 3.02. The number of fused-ring (bicyclic) bond motifs is 1. The van der Waals surface area contributed by atoms with Crippen LogP contribution in [0, 0.1) is 10.1 Å². The van der Waals surface area contributed by atoms with Crippen LogP contribution in [-0.4, -0.2) is 45.7 Å². The maximum Gasteiger partial charge on any atom is 0.270 e. The SMILES string of the molecule is CCCCCCOC1=CC(=O)N([C@H]2c3cc([N+](=O)[O-])ccc3OC(C)(C)[C@@H]2O)C1. The molecule has 1 aromatic rings. The van der Waals surface area contributed by atoms with Gasteiger partial charge in [0, 0.05) is 23.8 Å². The van der Waals surface area contributed by atoms with Crippen LogP contribution in [0.1, 0.15) is 58.1 Å². The van der Waals surface area contributed by atoms with Gasteiger partial charge in [0.05, 0.1) is 24.1 Å². The number of benzene rings is 1. The predicted octanol–water partition coefficient (Wildman–Crippen LogP) is 3.49. The molecule has 0 aliphatic carbocycles. The van der Waals surface area contributed by atoms with E-state index in [0.717, 1.165) is 25.7 Å². The van der Waals surface area contributed by atoms with Crippen LogP contribution < -0.4 is 4.74 Å². The largest absolute Gasteiger partial charge is 0.496 e. The lowest BCUT2D eigenvalue weighted by Crippen LogP contribution is -2.54. The van der Waals surface area contributed by atoms with Gasteiger partial charge >= 0.3 is 0 Å². The van der Waals surface area contributed by atoms with Gasteiger partial charge in [-0.05, 0) is 26.3 Å². The zero-order valence-electron chi connectivity index (χ0n) is 17.1. The van der Waals surface area contributed by atoms with Crippen molar-refractivity contribution in [1.29, 1.82) is 0 Å². The zero-order valence-corrected chi connectivity index (χ0v) is 17.1. The summed E-state index contributed by atoms with van der Waals surface area (Å²) in [6, 6.07) is 3.49. The van der Waals surface area contributed by atoms with Crippen molar-refractivity contribution in [2.24, 2.45) is 0 Å². The number of nitro benzene ring substituents is 1. The van der Waals surface area contributed by atoms with E-state index in [9.17, 15) is 20.0 Å². The van der Waals surface area contributed by atoms with Crippen molar-refractivity contribution in [3.63, 3.8) is 0 Å². The number of rotatable bonds is 8. The molecule has 158 valence electrons. The first-order valence-electron chi connectivity index (χ1n) is 10.0. The van der Waals surface area contributed by atoms with Crippen LogP contribution >= 0.6 is 0 Å². The standard InChI is InChI=1S/C21H28N2O6/c1-4-5-6-7-10-28-15-12-18(24)22(13-15)19-16-11-14(23(26)27)8-9-17(16)29-21(2,3)20(19)25/h8-9,11-12,19-20,25H,4-7,10,13H2,1-3H3/t19-,20+/m0/s1. The summed E-state index contributed by atoms with van der Waals surface area (Å²) < 4.78 is 11.6. The smallest absolute Gasteiger partial charge is 0.270 e. The average molecular weight is 404 g/mol. The van der Waals surface area contributed by atoms with Crippen molar-refractivity contribution in [3.05, 3.63) is 45.7 Å². The van der Waals surface area contributed by atoms with Crippen LogP contribution in [0.5, 0.6) is 5.75 Å². The van der Waals surface area contributed by atoms with Crippen molar-refractivity contribution >= 4 is 11.6 Å². The lowest BCUT2D eigenvalue weighted by molar-refractivity contribution is -0.385. The highest BCUT2D eigenvalue weighted by Gasteiger charge is 2.48. The molecule has 0 aromatic heterocycles. The monoisotopic (exact) mass is 404 g/mol. The first-order valence-corrected chi connectivity index (χ1v) is 10.0. The van der Waals surface area contributed by atoms with E-state index in [2.05, 4.69) is 6.92 Å². The van der Waals surface area contributed by atoms with Gasteiger partial charge in [-0.2, -0.15) is 0 Å². The fourth-order valence-electron chi connectivity index (χ4n) is 3.77. The minimum absolute atomic E-state index is 0.115. The minimum atomic E-state index is -1.06. The molecule has 0 saturated heterocycles. The second kappa shape index (κ2) is 8.41. The van der Waals surface area contributed by atoms with Gasteiger partial charge in [-0.15, -0.1) is 0 Å². The maximum absolute atomic E-state index is 12.7. The molecular formula is C21H28N2O6. The van der Waals surface area contributed by atoms with Gasteiger partial charge < -0.3 is 19.5 Å². The normalized spacial score (nSPS) is 22.7. The van der Waals surface area contributed by atoms with Crippen LogP contribution in [0.2, 0.25) is 0 Å². The molecule has 0 bridgehead atoms. The van der Waals surface area contributed by atoms with E-state index in [1.54, 1.807) is 13.8 Å². The molecule has 8 nitrogen and oxygen atoms in total. The Morgan fingerprint density at radius 1 is 1.34 bits per heavy atom. The minimum Gasteiger partial charge on any atom is -0.496 e. The van der Waals surface area contributed by atoms with E-state index in [-0.39, 0.29) is 18.1 Å². The first-order chi connectivity index (χ1) is 13.7.